The van der Waals surface area contributed by atoms with Gasteiger partial charge in [-0.2, -0.15) is 0 Å². The van der Waals surface area contributed by atoms with Crippen molar-refractivity contribution in [3.63, 3.8) is 0 Å². The number of hydrogen-bond donors (Lipinski definition) is 3. The smallest absolute Gasteiger partial charge is 0.248 e. The Morgan fingerprint density at radius 2 is 1.86 bits per heavy atom. The molecule has 37 heavy (non-hydrogen) atoms. The fourth-order valence-electron chi connectivity index (χ4n) is 6.51. The van der Waals surface area contributed by atoms with Crippen LogP contribution in [0.15, 0.2) is 54.6 Å². The second kappa shape index (κ2) is 10.3. The van der Waals surface area contributed by atoms with Gasteiger partial charge >= 0.3 is 0 Å². The highest BCUT2D eigenvalue weighted by Crippen LogP contribution is 2.68. The first kappa shape index (κ1) is 26.1. The van der Waals surface area contributed by atoms with E-state index >= 15 is 0 Å². The first-order valence-corrected chi connectivity index (χ1v) is 14.1. The molecule has 3 aliphatic rings. The molecule has 1 spiro atoms. The molecule has 196 valence electrons. The Balaban J connectivity index is 1.48. The highest BCUT2D eigenvalue weighted by Gasteiger charge is 2.76. The predicted octanol–water partition coefficient (Wildman–Crippen LogP) is 3.70. The summed E-state index contributed by atoms with van der Waals surface area (Å²) in [5.41, 5.74) is 1.57. The lowest BCUT2D eigenvalue weighted by atomic mass is 9.66. The third kappa shape index (κ3) is 4.33. The highest BCUT2D eigenvalue weighted by molar-refractivity contribution is 8.02. The molecule has 0 aliphatic carbocycles. The van der Waals surface area contributed by atoms with Crippen molar-refractivity contribution < 1.29 is 19.5 Å². The van der Waals surface area contributed by atoms with E-state index in [1.807, 2.05) is 37.3 Å². The summed E-state index contributed by atoms with van der Waals surface area (Å²) in [5, 5.41) is 16.7. The number of likely N-dealkylation sites (tertiary alicyclic amines) is 1. The zero-order chi connectivity index (χ0) is 26.3. The van der Waals surface area contributed by atoms with E-state index < -0.39 is 28.7 Å². The van der Waals surface area contributed by atoms with Crippen molar-refractivity contribution in [3.8, 4) is 0 Å². The molecular weight excluding hydrogens is 510 g/mol. The second-order valence-electron chi connectivity index (χ2n) is 10.2. The Kier molecular flexibility index (Phi) is 7.27. The first-order valence-electron chi connectivity index (χ1n) is 12.8. The Hall–Kier alpha value is -2.55. The lowest BCUT2D eigenvalue weighted by Crippen LogP contribution is -2.57. The van der Waals surface area contributed by atoms with Crippen LogP contribution in [0.1, 0.15) is 32.3 Å². The summed E-state index contributed by atoms with van der Waals surface area (Å²) < 4.78 is -0.740. The molecular formula is C28H32ClN3O4S. The number of aliphatic hydroxyl groups excluding tert-OH is 1. The van der Waals surface area contributed by atoms with E-state index in [4.69, 9.17) is 11.6 Å². The first-order chi connectivity index (χ1) is 17.8. The van der Waals surface area contributed by atoms with Crippen LogP contribution in [0.5, 0.6) is 0 Å². The molecule has 2 aromatic rings. The minimum Gasteiger partial charge on any atom is -0.394 e. The van der Waals surface area contributed by atoms with Crippen LogP contribution < -0.4 is 10.6 Å². The minimum atomic E-state index is -0.797. The molecule has 7 nitrogen and oxygen atoms in total. The topological polar surface area (TPSA) is 98.7 Å². The van der Waals surface area contributed by atoms with E-state index in [2.05, 4.69) is 17.6 Å². The Labute approximate surface area is 226 Å². The number of halogens is 1. The number of amides is 3. The maximum atomic E-state index is 14.1. The van der Waals surface area contributed by atoms with Crippen molar-refractivity contribution in [3.05, 3.63) is 65.2 Å². The third-order valence-corrected chi connectivity index (χ3v) is 10.6. The SMILES string of the molecule is CC[C@@H](CO)N1C(=O)[C@@H]2[C@@H](C(=O)NCc3ccccc3)[C@H]3CC(C)C2(S3)C1C(=O)Nc1ccc(Cl)cc1. The molecule has 0 aromatic heterocycles. The van der Waals surface area contributed by atoms with Gasteiger partial charge in [0, 0.05) is 22.5 Å². The highest BCUT2D eigenvalue weighted by atomic mass is 35.5. The average Bonchev–Trinajstić information content (AvgIpc) is 3.49. The number of carbonyl (C=O) groups is 3. The number of nitrogens with zero attached hydrogens (tertiary/aromatic N) is 1. The number of anilines is 1. The van der Waals surface area contributed by atoms with Gasteiger partial charge in [0.15, 0.2) is 0 Å². The standard InChI is InChI=1S/C28H32ClN3O4S/c1-3-20(15-33)32-24(26(35)31-19-11-9-18(29)10-12-19)28-16(2)13-21(37-28)22(23(28)27(32)36)25(34)30-14-17-7-5-4-6-8-17/h4-12,16,20-24,33H,3,13-15H2,1-2H3,(H,30,34)(H,31,35)/t16?,20-,21+,22-,23-,24?,28?/m0/s1. The number of nitrogens with one attached hydrogen (secondary N) is 2. The quantitative estimate of drug-likeness (QED) is 0.473. The van der Waals surface area contributed by atoms with Crippen LogP contribution >= 0.6 is 23.4 Å². The zero-order valence-electron chi connectivity index (χ0n) is 20.9. The van der Waals surface area contributed by atoms with E-state index in [1.54, 1.807) is 40.9 Å². The zero-order valence-corrected chi connectivity index (χ0v) is 22.5. The number of thioether (sulfide) groups is 1. The van der Waals surface area contributed by atoms with Crippen molar-refractivity contribution in [2.45, 2.75) is 55.3 Å². The minimum absolute atomic E-state index is 0.0399. The summed E-state index contributed by atoms with van der Waals surface area (Å²) in [5.74, 6) is -1.75. The lowest BCUT2D eigenvalue weighted by molar-refractivity contribution is -0.142. The second-order valence-corrected chi connectivity index (χ2v) is 12.2. The molecule has 5 rings (SSSR count). The Bertz CT molecular complexity index is 1180. The molecule has 2 aromatic carbocycles. The molecule has 3 amide bonds. The summed E-state index contributed by atoms with van der Waals surface area (Å²) in [6.07, 6.45) is 1.26. The Morgan fingerprint density at radius 1 is 1.16 bits per heavy atom. The van der Waals surface area contributed by atoms with Gasteiger partial charge in [0.25, 0.3) is 0 Å². The molecule has 9 heteroatoms. The van der Waals surface area contributed by atoms with E-state index in [9.17, 15) is 19.5 Å². The Morgan fingerprint density at radius 3 is 2.51 bits per heavy atom. The fraction of sp³-hybridized carbons (Fsp3) is 0.464. The third-order valence-electron chi connectivity index (χ3n) is 8.23. The van der Waals surface area contributed by atoms with Crippen molar-refractivity contribution in [1.29, 1.82) is 0 Å². The number of hydrogen-bond acceptors (Lipinski definition) is 5. The molecule has 0 radical (unpaired) electrons. The summed E-state index contributed by atoms with van der Waals surface area (Å²) >= 11 is 7.64. The van der Waals surface area contributed by atoms with Crippen LogP contribution in [0, 0.1) is 17.8 Å². The van der Waals surface area contributed by atoms with Gasteiger partial charge in [-0.05, 0) is 48.6 Å². The number of benzene rings is 2. The van der Waals surface area contributed by atoms with Crippen molar-refractivity contribution >= 4 is 46.8 Å². The van der Waals surface area contributed by atoms with Gasteiger partial charge in [0.1, 0.15) is 6.04 Å². The molecule has 3 unspecified atom stereocenters. The van der Waals surface area contributed by atoms with Crippen LogP contribution in [0.4, 0.5) is 5.69 Å². The van der Waals surface area contributed by atoms with Gasteiger partial charge in [-0.1, -0.05) is 55.8 Å². The average molecular weight is 542 g/mol. The molecule has 3 saturated heterocycles. The fourth-order valence-corrected chi connectivity index (χ4v) is 9.05. The van der Waals surface area contributed by atoms with Crippen LogP contribution in [0.3, 0.4) is 0 Å². The predicted molar refractivity (Wildman–Crippen MR) is 145 cm³/mol. The monoisotopic (exact) mass is 541 g/mol. The molecule has 3 heterocycles. The van der Waals surface area contributed by atoms with Gasteiger partial charge in [0.05, 0.1) is 29.2 Å². The van der Waals surface area contributed by atoms with Crippen LogP contribution in [0.25, 0.3) is 0 Å². The number of rotatable bonds is 8. The lowest BCUT2D eigenvalue weighted by Gasteiger charge is -2.40. The van der Waals surface area contributed by atoms with Gasteiger partial charge in [0.2, 0.25) is 17.7 Å². The summed E-state index contributed by atoms with van der Waals surface area (Å²) in [4.78, 5) is 43.2. The van der Waals surface area contributed by atoms with E-state index in [0.717, 1.165) is 12.0 Å². The van der Waals surface area contributed by atoms with E-state index in [-0.39, 0.29) is 35.5 Å². The molecule has 3 N–H and O–H groups in total. The number of fused-ring (bicyclic) bond motifs is 1. The normalized spacial score (nSPS) is 30.8. The van der Waals surface area contributed by atoms with Crippen molar-refractivity contribution in [2.75, 3.05) is 11.9 Å². The summed E-state index contributed by atoms with van der Waals surface area (Å²) in [7, 11) is 0. The van der Waals surface area contributed by atoms with E-state index in [1.165, 1.54) is 0 Å². The van der Waals surface area contributed by atoms with Gasteiger partial charge < -0.3 is 20.6 Å². The molecule has 7 atom stereocenters. The van der Waals surface area contributed by atoms with Crippen LogP contribution in [-0.4, -0.2) is 56.4 Å². The number of carbonyl (C=O) groups excluding carboxylic acids is 3. The largest absolute Gasteiger partial charge is 0.394 e. The van der Waals surface area contributed by atoms with Crippen LogP contribution in [0.2, 0.25) is 5.02 Å². The molecule has 2 bridgehead atoms. The van der Waals surface area contributed by atoms with Gasteiger partial charge in [-0.25, -0.2) is 0 Å². The molecule has 3 fully saturated rings. The maximum absolute atomic E-state index is 14.1. The summed E-state index contributed by atoms with van der Waals surface area (Å²) in [6, 6.07) is 15.2. The van der Waals surface area contributed by atoms with Gasteiger partial charge in [-0.3, -0.25) is 14.4 Å². The molecule has 3 aliphatic heterocycles. The van der Waals surface area contributed by atoms with Gasteiger partial charge in [-0.15, -0.1) is 11.8 Å². The maximum Gasteiger partial charge on any atom is 0.248 e. The molecule has 0 saturated carbocycles. The van der Waals surface area contributed by atoms with Crippen LogP contribution in [-0.2, 0) is 20.9 Å². The summed E-state index contributed by atoms with van der Waals surface area (Å²) in [6.45, 7) is 4.11. The van der Waals surface area contributed by atoms with E-state index in [0.29, 0.717) is 23.7 Å². The van der Waals surface area contributed by atoms with Crippen molar-refractivity contribution in [1.82, 2.24) is 10.2 Å². The number of aliphatic hydroxyl groups is 1. The van der Waals surface area contributed by atoms with Crippen molar-refractivity contribution in [2.24, 2.45) is 17.8 Å².